The maximum atomic E-state index is 12.0. The lowest BCUT2D eigenvalue weighted by atomic mass is 10.1. The molecule has 112 valence electrons. The van der Waals surface area contributed by atoms with E-state index in [-0.39, 0.29) is 12.8 Å². The Morgan fingerprint density at radius 3 is 2.75 bits per heavy atom. The highest BCUT2D eigenvalue weighted by molar-refractivity contribution is 5.83. The van der Waals surface area contributed by atoms with Crippen molar-refractivity contribution in [2.24, 2.45) is 0 Å². The number of hydrogen-bond acceptors (Lipinski definition) is 4. The third-order valence-corrected chi connectivity index (χ3v) is 3.08. The van der Waals surface area contributed by atoms with Crippen LogP contribution in [0.2, 0.25) is 0 Å². The zero-order chi connectivity index (χ0) is 15.1. The van der Waals surface area contributed by atoms with E-state index in [1.165, 1.54) is 7.11 Å². The SMILES string of the molecule is COC(=O)CC[C@H](NC(=O)N1CCC=C(C)C1)C(=O)O. The molecular weight excluding hydrogens is 264 g/mol. The maximum absolute atomic E-state index is 12.0. The summed E-state index contributed by atoms with van der Waals surface area (Å²) in [4.78, 5) is 35.6. The van der Waals surface area contributed by atoms with Crippen molar-refractivity contribution in [2.45, 2.75) is 32.2 Å². The van der Waals surface area contributed by atoms with Crippen molar-refractivity contribution in [3.63, 3.8) is 0 Å². The van der Waals surface area contributed by atoms with Gasteiger partial charge in [0, 0.05) is 19.5 Å². The molecule has 0 fully saturated rings. The number of methoxy groups -OCH3 is 1. The largest absolute Gasteiger partial charge is 0.480 e. The second-order valence-electron chi connectivity index (χ2n) is 4.72. The smallest absolute Gasteiger partial charge is 0.326 e. The first-order chi connectivity index (χ1) is 9.43. The number of carbonyl (C=O) groups excluding carboxylic acids is 2. The Bertz CT molecular complexity index is 419. The van der Waals surface area contributed by atoms with Gasteiger partial charge in [-0.2, -0.15) is 0 Å². The maximum Gasteiger partial charge on any atom is 0.326 e. The molecule has 1 rings (SSSR count). The number of carboxylic acid groups (broad SMARTS) is 1. The van der Waals surface area contributed by atoms with Crippen molar-refractivity contribution < 1.29 is 24.2 Å². The van der Waals surface area contributed by atoms with Crippen molar-refractivity contribution in [3.8, 4) is 0 Å². The fraction of sp³-hybridized carbons (Fsp3) is 0.615. The molecule has 7 heteroatoms. The van der Waals surface area contributed by atoms with E-state index in [2.05, 4.69) is 16.1 Å². The van der Waals surface area contributed by atoms with E-state index in [1.54, 1.807) is 4.90 Å². The Morgan fingerprint density at radius 2 is 2.20 bits per heavy atom. The van der Waals surface area contributed by atoms with Gasteiger partial charge in [0.05, 0.1) is 7.11 Å². The van der Waals surface area contributed by atoms with Gasteiger partial charge < -0.3 is 20.1 Å². The molecule has 0 aromatic heterocycles. The number of aliphatic carboxylic acids is 1. The van der Waals surface area contributed by atoms with Crippen LogP contribution in [0.5, 0.6) is 0 Å². The average molecular weight is 284 g/mol. The number of amides is 2. The third kappa shape index (κ3) is 4.91. The molecule has 0 saturated carbocycles. The topological polar surface area (TPSA) is 95.9 Å². The van der Waals surface area contributed by atoms with Crippen molar-refractivity contribution in [3.05, 3.63) is 11.6 Å². The highest BCUT2D eigenvalue weighted by atomic mass is 16.5. The lowest BCUT2D eigenvalue weighted by Crippen LogP contribution is -2.49. The molecule has 0 unspecified atom stereocenters. The van der Waals surface area contributed by atoms with Gasteiger partial charge in [-0.05, 0) is 19.8 Å². The summed E-state index contributed by atoms with van der Waals surface area (Å²) >= 11 is 0. The lowest BCUT2D eigenvalue weighted by molar-refractivity contribution is -0.142. The second kappa shape index (κ2) is 7.52. The van der Waals surface area contributed by atoms with Crippen LogP contribution in [0.15, 0.2) is 11.6 Å². The Hall–Kier alpha value is -2.05. The number of carboxylic acids is 1. The summed E-state index contributed by atoms with van der Waals surface area (Å²) in [6.45, 7) is 2.98. The van der Waals surface area contributed by atoms with Gasteiger partial charge in [0.2, 0.25) is 0 Å². The summed E-state index contributed by atoms with van der Waals surface area (Å²) in [5, 5.41) is 11.5. The van der Waals surface area contributed by atoms with Crippen LogP contribution in [-0.4, -0.2) is 54.2 Å². The molecule has 0 aliphatic carbocycles. The molecule has 0 spiro atoms. The van der Waals surface area contributed by atoms with Crippen LogP contribution in [0.4, 0.5) is 4.79 Å². The summed E-state index contributed by atoms with van der Waals surface area (Å²) in [6.07, 6.45) is 2.78. The molecule has 7 nitrogen and oxygen atoms in total. The lowest BCUT2D eigenvalue weighted by Gasteiger charge is -2.27. The first-order valence-electron chi connectivity index (χ1n) is 6.44. The standard InChI is InChI=1S/C13H20N2O5/c1-9-4-3-7-15(8-9)13(19)14-10(12(17)18)5-6-11(16)20-2/h4,10H,3,5-8H2,1-2H3,(H,14,19)(H,17,18)/t10-/m0/s1. The van der Waals surface area contributed by atoms with Crippen LogP contribution in [0, 0.1) is 0 Å². The molecule has 0 aromatic rings. The summed E-state index contributed by atoms with van der Waals surface area (Å²) in [5.74, 6) is -1.66. The molecule has 0 bridgehead atoms. The molecule has 1 aliphatic heterocycles. The van der Waals surface area contributed by atoms with Gasteiger partial charge >= 0.3 is 18.0 Å². The number of esters is 1. The van der Waals surface area contributed by atoms with Gasteiger partial charge in [-0.3, -0.25) is 4.79 Å². The molecule has 0 aromatic carbocycles. The molecule has 0 radical (unpaired) electrons. The first-order valence-corrected chi connectivity index (χ1v) is 6.44. The predicted octanol–water partition coefficient (Wildman–Crippen LogP) is 0.754. The van der Waals surface area contributed by atoms with Crippen molar-refractivity contribution in [1.29, 1.82) is 0 Å². The normalized spacial score (nSPS) is 16.1. The number of ether oxygens (including phenoxy) is 1. The molecule has 1 heterocycles. The molecule has 20 heavy (non-hydrogen) atoms. The highest BCUT2D eigenvalue weighted by Gasteiger charge is 2.24. The Kier molecular flexibility index (Phi) is 6.02. The molecule has 0 saturated heterocycles. The molecule has 1 atom stereocenters. The minimum atomic E-state index is -1.16. The summed E-state index contributed by atoms with van der Waals surface area (Å²) in [5.41, 5.74) is 1.08. The van der Waals surface area contributed by atoms with Crippen LogP contribution in [0.1, 0.15) is 26.2 Å². The van der Waals surface area contributed by atoms with Gasteiger partial charge in [-0.25, -0.2) is 9.59 Å². The van der Waals surface area contributed by atoms with Gasteiger partial charge in [0.25, 0.3) is 0 Å². The van der Waals surface area contributed by atoms with E-state index in [9.17, 15) is 14.4 Å². The van der Waals surface area contributed by atoms with Crippen LogP contribution < -0.4 is 5.32 Å². The van der Waals surface area contributed by atoms with E-state index in [0.717, 1.165) is 12.0 Å². The Labute approximate surface area is 117 Å². The van der Waals surface area contributed by atoms with Crippen LogP contribution in [0.25, 0.3) is 0 Å². The van der Waals surface area contributed by atoms with Crippen molar-refractivity contribution in [2.75, 3.05) is 20.2 Å². The van der Waals surface area contributed by atoms with E-state index in [0.29, 0.717) is 13.1 Å². The van der Waals surface area contributed by atoms with E-state index >= 15 is 0 Å². The first kappa shape index (κ1) is 16.0. The quantitative estimate of drug-likeness (QED) is 0.574. The Morgan fingerprint density at radius 1 is 1.50 bits per heavy atom. The zero-order valence-corrected chi connectivity index (χ0v) is 11.7. The zero-order valence-electron chi connectivity index (χ0n) is 11.7. The minimum Gasteiger partial charge on any atom is -0.480 e. The van der Waals surface area contributed by atoms with Crippen molar-refractivity contribution in [1.82, 2.24) is 10.2 Å². The number of urea groups is 1. The molecule has 1 aliphatic rings. The summed E-state index contributed by atoms with van der Waals surface area (Å²) in [6, 6.07) is -1.51. The van der Waals surface area contributed by atoms with Crippen LogP contribution in [-0.2, 0) is 14.3 Å². The average Bonchev–Trinajstić information content (AvgIpc) is 2.42. The number of nitrogens with one attached hydrogen (secondary N) is 1. The number of carbonyl (C=O) groups is 3. The van der Waals surface area contributed by atoms with E-state index in [1.807, 2.05) is 6.92 Å². The summed E-state index contributed by atoms with van der Waals surface area (Å²) in [7, 11) is 1.24. The fourth-order valence-corrected chi connectivity index (χ4v) is 1.95. The van der Waals surface area contributed by atoms with Gasteiger partial charge in [-0.15, -0.1) is 0 Å². The van der Waals surface area contributed by atoms with Crippen molar-refractivity contribution >= 4 is 18.0 Å². The number of nitrogens with zero attached hydrogens (tertiary/aromatic N) is 1. The second-order valence-corrected chi connectivity index (χ2v) is 4.72. The third-order valence-electron chi connectivity index (χ3n) is 3.08. The van der Waals surface area contributed by atoms with Gasteiger partial charge in [-0.1, -0.05) is 11.6 Å². The molecule has 2 amide bonds. The highest BCUT2D eigenvalue weighted by Crippen LogP contribution is 2.09. The summed E-state index contributed by atoms with van der Waals surface area (Å²) < 4.78 is 4.45. The minimum absolute atomic E-state index is 0.0103. The fourth-order valence-electron chi connectivity index (χ4n) is 1.95. The van der Waals surface area contributed by atoms with Crippen LogP contribution in [0.3, 0.4) is 0 Å². The Balaban J connectivity index is 2.52. The van der Waals surface area contributed by atoms with Crippen LogP contribution >= 0.6 is 0 Å². The van der Waals surface area contributed by atoms with Gasteiger partial charge in [0.15, 0.2) is 0 Å². The molecule has 2 N–H and O–H groups in total. The number of rotatable bonds is 5. The number of hydrogen-bond donors (Lipinski definition) is 2. The molecular formula is C13H20N2O5. The van der Waals surface area contributed by atoms with E-state index in [4.69, 9.17) is 5.11 Å². The van der Waals surface area contributed by atoms with E-state index < -0.39 is 24.0 Å². The monoisotopic (exact) mass is 284 g/mol. The predicted molar refractivity (Wildman–Crippen MR) is 71.2 cm³/mol. The van der Waals surface area contributed by atoms with Gasteiger partial charge in [0.1, 0.15) is 6.04 Å².